The lowest BCUT2D eigenvalue weighted by atomic mass is 10.1. The molecular weight excluding hydrogens is 240 g/mol. The molecule has 1 aromatic rings. The normalized spacial score (nSPS) is 15.2. The number of hydrogen-bond acceptors (Lipinski definition) is 4. The molecule has 0 unspecified atom stereocenters. The van der Waals surface area contributed by atoms with Crippen molar-refractivity contribution in [3.8, 4) is 11.5 Å². The second-order valence-corrected chi connectivity index (χ2v) is 4.27. The van der Waals surface area contributed by atoms with E-state index in [1.165, 1.54) is 0 Å². The first-order valence-electron chi connectivity index (χ1n) is 7.02. The second-order valence-electron chi connectivity index (χ2n) is 4.27. The molecule has 4 nitrogen and oxygen atoms in total. The van der Waals surface area contributed by atoms with Crippen LogP contribution in [0.15, 0.2) is 18.2 Å². The Bertz CT molecular complexity index is 347. The zero-order chi connectivity index (χ0) is 14.1. The molecule has 0 aliphatic carbocycles. The van der Waals surface area contributed by atoms with E-state index in [1.54, 1.807) is 14.2 Å². The quantitative estimate of drug-likeness (QED) is 0.880. The van der Waals surface area contributed by atoms with Gasteiger partial charge in [-0.2, -0.15) is 0 Å². The lowest BCUT2D eigenvalue weighted by molar-refractivity contribution is 0.394. The Morgan fingerprint density at radius 1 is 1.05 bits per heavy atom. The van der Waals surface area contributed by atoms with E-state index < -0.39 is 0 Å². The van der Waals surface area contributed by atoms with Crippen LogP contribution in [0.2, 0.25) is 0 Å². The molecule has 1 fully saturated rings. The number of rotatable bonds is 4. The summed E-state index contributed by atoms with van der Waals surface area (Å²) in [6.07, 6.45) is 2.30. The van der Waals surface area contributed by atoms with Gasteiger partial charge in [0.1, 0.15) is 11.5 Å². The highest BCUT2D eigenvalue weighted by molar-refractivity contribution is 5.54. The summed E-state index contributed by atoms with van der Waals surface area (Å²) in [5.74, 6) is 1.64. The van der Waals surface area contributed by atoms with E-state index in [4.69, 9.17) is 9.47 Å². The van der Waals surface area contributed by atoms with E-state index in [1.807, 2.05) is 32.0 Å². The van der Waals surface area contributed by atoms with Crippen molar-refractivity contribution in [3.05, 3.63) is 18.2 Å². The molecule has 1 aliphatic rings. The van der Waals surface area contributed by atoms with Crippen LogP contribution in [-0.4, -0.2) is 33.4 Å². The molecule has 19 heavy (non-hydrogen) atoms. The Labute approximate surface area is 118 Å². The summed E-state index contributed by atoms with van der Waals surface area (Å²) in [4.78, 5) is 0. The molecule has 0 atom stereocenters. The predicted molar refractivity (Wildman–Crippen MR) is 82.5 cm³/mol. The predicted octanol–water partition coefficient (Wildman–Crippen LogP) is 3.14. The lowest BCUT2D eigenvalue weighted by Gasteiger charge is -2.25. The van der Waals surface area contributed by atoms with Gasteiger partial charge in [0.25, 0.3) is 0 Å². The molecule has 2 N–H and O–H groups in total. The molecule has 0 aromatic heterocycles. The van der Waals surface area contributed by atoms with Gasteiger partial charge in [-0.3, -0.25) is 0 Å². The van der Waals surface area contributed by atoms with Gasteiger partial charge in [-0.25, -0.2) is 0 Å². The minimum Gasteiger partial charge on any atom is -0.497 e. The standard InChI is InChI=1S/C13H20N2O2.C2H6.H2/c1-16-12-7-11(8-13(9-12)17-2)15-10-3-5-14-6-4-10;1-2;/h7-10,14-15H,3-6H2,1-2H3;1-2H3;1H. The van der Waals surface area contributed by atoms with Crippen LogP contribution in [0.3, 0.4) is 0 Å². The molecule has 1 saturated heterocycles. The third kappa shape index (κ3) is 4.99. The summed E-state index contributed by atoms with van der Waals surface area (Å²) in [5.41, 5.74) is 1.06. The van der Waals surface area contributed by atoms with Crippen LogP contribution in [0.5, 0.6) is 11.5 Å². The van der Waals surface area contributed by atoms with Gasteiger partial charge < -0.3 is 20.1 Å². The number of nitrogens with one attached hydrogen (secondary N) is 2. The summed E-state index contributed by atoms with van der Waals surface area (Å²) >= 11 is 0. The molecule has 0 bridgehead atoms. The first-order chi connectivity index (χ1) is 9.31. The zero-order valence-corrected chi connectivity index (χ0v) is 12.5. The van der Waals surface area contributed by atoms with E-state index in [0.29, 0.717) is 6.04 Å². The van der Waals surface area contributed by atoms with Crippen molar-refractivity contribution in [2.24, 2.45) is 0 Å². The maximum Gasteiger partial charge on any atom is 0.124 e. The average molecular weight is 268 g/mol. The first kappa shape index (κ1) is 15.6. The molecule has 4 heteroatoms. The van der Waals surface area contributed by atoms with Gasteiger partial charge in [-0.15, -0.1) is 0 Å². The monoisotopic (exact) mass is 268 g/mol. The highest BCUT2D eigenvalue weighted by Crippen LogP contribution is 2.26. The number of hydrogen-bond donors (Lipinski definition) is 2. The Morgan fingerprint density at radius 2 is 1.58 bits per heavy atom. The van der Waals surface area contributed by atoms with E-state index in [9.17, 15) is 0 Å². The van der Waals surface area contributed by atoms with E-state index in [0.717, 1.165) is 43.1 Å². The van der Waals surface area contributed by atoms with Crippen molar-refractivity contribution in [3.63, 3.8) is 0 Å². The van der Waals surface area contributed by atoms with Crippen LogP contribution in [0.1, 0.15) is 28.1 Å². The van der Waals surface area contributed by atoms with Gasteiger partial charge in [-0.05, 0) is 25.9 Å². The zero-order valence-electron chi connectivity index (χ0n) is 12.5. The maximum absolute atomic E-state index is 5.25. The average Bonchev–Trinajstić information content (AvgIpc) is 2.50. The van der Waals surface area contributed by atoms with Crippen molar-refractivity contribution in [2.75, 3.05) is 32.6 Å². The lowest BCUT2D eigenvalue weighted by Crippen LogP contribution is -2.35. The summed E-state index contributed by atoms with van der Waals surface area (Å²) in [5, 5.41) is 6.89. The largest absolute Gasteiger partial charge is 0.497 e. The van der Waals surface area contributed by atoms with Crippen LogP contribution >= 0.6 is 0 Å². The Kier molecular flexibility index (Phi) is 7.11. The molecule has 1 heterocycles. The first-order valence-corrected chi connectivity index (χ1v) is 7.02. The van der Waals surface area contributed by atoms with E-state index in [2.05, 4.69) is 10.6 Å². The minimum atomic E-state index is 0. The van der Waals surface area contributed by atoms with Crippen LogP contribution < -0.4 is 20.1 Å². The molecule has 0 spiro atoms. The number of ether oxygens (including phenoxy) is 2. The van der Waals surface area contributed by atoms with Crippen LogP contribution in [0.4, 0.5) is 5.69 Å². The third-order valence-corrected chi connectivity index (χ3v) is 3.06. The molecule has 2 rings (SSSR count). The second kappa shape index (κ2) is 8.64. The Balaban J connectivity index is 0.00000115. The van der Waals surface area contributed by atoms with Crippen molar-refractivity contribution in [2.45, 2.75) is 32.7 Å². The fourth-order valence-corrected chi connectivity index (χ4v) is 2.09. The topological polar surface area (TPSA) is 42.5 Å². The molecule has 0 amide bonds. The minimum absolute atomic E-state index is 0. The van der Waals surface area contributed by atoms with Gasteiger partial charge >= 0.3 is 0 Å². The fraction of sp³-hybridized carbons (Fsp3) is 0.600. The van der Waals surface area contributed by atoms with Crippen LogP contribution in [0, 0.1) is 0 Å². The smallest absolute Gasteiger partial charge is 0.124 e. The molecule has 0 radical (unpaired) electrons. The van der Waals surface area contributed by atoms with Gasteiger partial charge in [-0.1, -0.05) is 13.8 Å². The van der Waals surface area contributed by atoms with Crippen LogP contribution in [0.25, 0.3) is 0 Å². The SMILES string of the molecule is CC.COc1cc(NC2CCNCC2)cc(OC)c1.[HH]. The number of methoxy groups -OCH3 is 2. The Hall–Kier alpha value is -1.42. The summed E-state index contributed by atoms with van der Waals surface area (Å²) < 4.78 is 10.5. The van der Waals surface area contributed by atoms with Gasteiger partial charge in [0.15, 0.2) is 0 Å². The molecule has 1 aromatic carbocycles. The molecule has 110 valence electrons. The number of anilines is 1. The summed E-state index contributed by atoms with van der Waals surface area (Å²) in [6.45, 7) is 6.16. The highest BCUT2D eigenvalue weighted by Gasteiger charge is 2.13. The highest BCUT2D eigenvalue weighted by atomic mass is 16.5. The van der Waals surface area contributed by atoms with Crippen molar-refractivity contribution >= 4 is 5.69 Å². The molecule has 1 aliphatic heterocycles. The summed E-state index contributed by atoms with van der Waals surface area (Å²) in [6, 6.07) is 6.43. The molecule has 0 saturated carbocycles. The fourth-order valence-electron chi connectivity index (χ4n) is 2.09. The van der Waals surface area contributed by atoms with Crippen molar-refractivity contribution < 1.29 is 10.9 Å². The van der Waals surface area contributed by atoms with Gasteiger partial charge in [0.05, 0.1) is 14.2 Å². The summed E-state index contributed by atoms with van der Waals surface area (Å²) in [7, 11) is 3.34. The van der Waals surface area contributed by atoms with Gasteiger partial charge in [0.2, 0.25) is 0 Å². The maximum atomic E-state index is 5.25. The van der Waals surface area contributed by atoms with Gasteiger partial charge in [0, 0.05) is 31.4 Å². The third-order valence-electron chi connectivity index (χ3n) is 3.06. The molecular formula is C15H28N2O2. The van der Waals surface area contributed by atoms with Crippen LogP contribution in [-0.2, 0) is 0 Å². The Morgan fingerprint density at radius 3 is 2.05 bits per heavy atom. The number of piperidine rings is 1. The van der Waals surface area contributed by atoms with E-state index in [-0.39, 0.29) is 1.43 Å². The van der Waals surface area contributed by atoms with Crippen molar-refractivity contribution in [1.82, 2.24) is 5.32 Å². The van der Waals surface area contributed by atoms with Crippen molar-refractivity contribution in [1.29, 1.82) is 0 Å². The number of benzene rings is 1. The van der Waals surface area contributed by atoms with E-state index >= 15 is 0 Å².